The predicted octanol–water partition coefficient (Wildman–Crippen LogP) is 5.26. The van der Waals surface area contributed by atoms with Gasteiger partial charge in [0.15, 0.2) is 0 Å². The summed E-state index contributed by atoms with van der Waals surface area (Å²) < 4.78 is 51.4. The summed E-state index contributed by atoms with van der Waals surface area (Å²) in [5.41, 5.74) is 2.95. The number of halogens is 2. The highest BCUT2D eigenvalue weighted by Crippen LogP contribution is 2.38. The summed E-state index contributed by atoms with van der Waals surface area (Å²) in [6.07, 6.45) is 5.78. The van der Waals surface area contributed by atoms with E-state index in [1.165, 1.54) is 34.2 Å². The lowest BCUT2D eigenvalue weighted by Crippen LogP contribution is -2.46. The van der Waals surface area contributed by atoms with Crippen molar-refractivity contribution in [3.8, 4) is 11.4 Å². The highest BCUT2D eigenvalue weighted by Gasteiger charge is 2.46. The zero-order valence-electron chi connectivity index (χ0n) is 32.9. The highest BCUT2D eigenvalue weighted by atomic mass is 19.1. The maximum Gasteiger partial charge on any atom is 0.350 e. The fourth-order valence-corrected chi connectivity index (χ4v) is 6.79. The Labute approximate surface area is 339 Å². The van der Waals surface area contributed by atoms with Crippen LogP contribution in [0.25, 0.3) is 5.69 Å². The van der Waals surface area contributed by atoms with E-state index in [4.69, 9.17) is 24.4 Å². The van der Waals surface area contributed by atoms with Crippen LogP contribution in [0.3, 0.4) is 0 Å². The molecule has 3 atom stereocenters. The fraction of sp³-hybridized carbons (Fsp3) is 0.415. The number of benzene rings is 3. The van der Waals surface area contributed by atoms with Gasteiger partial charge < -0.3 is 34.2 Å². The van der Waals surface area contributed by atoms with Crippen LogP contribution < -0.4 is 20.2 Å². The minimum atomic E-state index is -1.51. The summed E-state index contributed by atoms with van der Waals surface area (Å²) >= 11 is 0. The highest BCUT2D eigenvalue weighted by molar-refractivity contribution is 5.68. The molecule has 2 aliphatic heterocycles. The molecule has 7 rings (SSSR count). The van der Waals surface area contributed by atoms with Crippen LogP contribution >= 0.6 is 0 Å². The fourth-order valence-electron chi connectivity index (χ4n) is 6.79. The van der Waals surface area contributed by atoms with Gasteiger partial charge in [-0.25, -0.2) is 32.5 Å². The third kappa shape index (κ3) is 10.9. The number of rotatable bonds is 16. The van der Waals surface area contributed by atoms with Gasteiger partial charge in [-0.15, -0.1) is 0 Å². The van der Waals surface area contributed by atoms with Gasteiger partial charge >= 0.3 is 17.6 Å². The lowest BCUT2D eigenvalue weighted by atomic mass is 10.0. The average Bonchev–Trinajstić information content (AvgIpc) is 4.00. The van der Waals surface area contributed by atoms with Crippen molar-refractivity contribution >= 4 is 23.3 Å². The number of piperazine rings is 1. The third-order valence-electron chi connectivity index (χ3n) is 10.2. The first-order chi connectivity index (χ1) is 28.4. The molecule has 2 N–H and O–H groups in total. The number of ether oxygens (including phenoxy) is 3. The van der Waals surface area contributed by atoms with Crippen molar-refractivity contribution in [2.45, 2.75) is 70.4 Å². The molecule has 0 radical (unpaired) electrons. The van der Waals surface area contributed by atoms with Gasteiger partial charge in [-0.1, -0.05) is 6.92 Å². The first-order valence-electron chi connectivity index (χ1n) is 19.5. The Kier molecular flexibility index (Phi) is 14.1. The second-order valence-corrected chi connectivity index (χ2v) is 14.3. The van der Waals surface area contributed by atoms with Gasteiger partial charge in [-0.05, 0) is 86.8 Å². The SMILES string of the molecule is CCC(C)n1ncn(-c2ccc(N3CCN(c4ccc(OC[C@H]5CO[C@](Cn6cncn6)(c6ccc(F)cc6F)O5)cc4)CC3)cc2)c1=O.O=C(O)CCCCC(=O)O. The predicted molar refractivity (Wildman–Crippen MR) is 212 cm³/mol. The number of carboxylic acids is 2. The second-order valence-electron chi connectivity index (χ2n) is 14.3. The van der Waals surface area contributed by atoms with E-state index in [9.17, 15) is 23.2 Å². The van der Waals surface area contributed by atoms with E-state index in [0.29, 0.717) is 18.6 Å². The first kappa shape index (κ1) is 42.5. The standard InChI is InChI=1S/C35H38F2N8O4.C6H10O4/c1-3-25(2)45-34(46)44(24-40-45)29-7-5-27(6-8-29)41-14-16-42(17-15-41)28-9-11-30(12-10-28)47-19-31-20-48-35(49-31,21-43-23-38-22-39-43)32-13-4-26(36)18-33(32)37;7-5(8)3-1-2-4-6(9)10/h4-13,18,22-25,31H,3,14-17,19-21H2,1-2H3;1-4H2,(H,7,8)(H,9,10)/t25?,31-,35-;/m0./s1. The summed E-state index contributed by atoms with van der Waals surface area (Å²) in [7, 11) is 0. The number of carbonyl (C=O) groups is 2. The first-order valence-corrected chi connectivity index (χ1v) is 19.5. The van der Waals surface area contributed by atoms with E-state index < -0.39 is 35.5 Å². The Morgan fingerprint density at radius 1 is 0.881 bits per heavy atom. The molecule has 0 saturated carbocycles. The Morgan fingerprint density at radius 3 is 2.05 bits per heavy atom. The number of aromatic nitrogens is 6. The quantitative estimate of drug-likeness (QED) is 0.123. The molecule has 0 spiro atoms. The molecule has 314 valence electrons. The molecule has 2 aliphatic rings. The van der Waals surface area contributed by atoms with Crippen LogP contribution in [0.4, 0.5) is 20.2 Å². The van der Waals surface area contributed by atoms with Crippen molar-refractivity contribution in [3.63, 3.8) is 0 Å². The number of carboxylic acid groups (broad SMARTS) is 2. The topological polar surface area (TPSA) is 179 Å². The molecule has 18 heteroatoms. The van der Waals surface area contributed by atoms with Crippen molar-refractivity contribution in [2.75, 3.05) is 49.2 Å². The van der Waals surface area contributed by atoms with Crippen LogP contribution in [-0.2, 0) is 31.4 Å². The molecule has 0 bridgehead atoms. The molecule has 3 aromatic carbocycles. The number of unbranched alkanes of at least 4 members (excludes halogenated alkanes) is 1. The van der Waals surface area contributed by atoms with Gasteiger partial charge in [0.25, 0.3) is 0 Å². The molecule has 2 fully saturated rings. The molecular formula is C41H48F2N8O8. The normalized spacial score (nSPS) is 18.3. The molecule has 0 aliphatic carbocycles. The third-order valence-corrected chi connectivity index (χ3v) is 10.2. The molecule has 5 aromatic rings. The van der Waals surface area contributed by atoms with E-state index in [0.717, 1.165) is 55.7 Å². The minimum absolute atomic E-state index is 0.0334. The summed E-state index contributed by atoms with van der Waals surface area (Å²) in [6, 6.07) is 19.3. The van der Waals surface area contributed by atoms with Crippen LogP contribution in [0.15, 0.2) is 90.5 Å². The Bertz CT molecular complexity index is 2180. The van der Waals surface area contributed by atoms with Crippen molar-refractivity contribution in [2.24, 2.45) is 0 Å². The smallest absolute Gasteiger partial charge is 0.350 e. The van der Waals surface area contributed by atoms with Gasteiger partial charge in [-0.2, -0.15) is 10.2 Å². The van der Waals surface area contributed by atoms with E-state index in [2.05, 4.69) is 37.1 Å². The number of aliphatic carboxylic acids is 2. The van der Waals surface area contributed by atoms with Crippen LogP contribution in [0.5, 0.6) is 5.75 Å². The summed E-state index contributed by atoms with van der Waals surface area (Å²) in [5.74, 6) is -4.04. The number of hydrogen-bond acceptors (Lipinski definition) is 11. The Morgan fingerprint density at radius 2 is 1.49 bits per heavy atom. The summed E-state index contributed by atoms with van der Waals surface area (Å²) in [4.78, 5) is 41.2. The van der Waals surface area contributed by atoms with Crippen LogP contribution in [0.1, 0.15) is 57.6 Å². The van der Waals surface area contributed by atoms with E-state index in [-0.39, 0.29) is 49.9 Å². The largest absolute Gasteiger partial charge is 0.491 e. The van der Waals surface area contributed by atoms with Crippen molar-refractivity contribution < 1.29 is 42.8 Å². The molecule has 2 saturated heterocycles. The maximum atomic E-state index is 14.9. The monoisotopic (exact) mass is 818 g/mol. The lowest BCUT2D eigenvalue weighted by Gasteiger charge is -2.37. The molecule has 2 aromatic heterocycles. The maximum absolute atomic E-state index is 14.9. The van der Waals surface area contributed by atoms with Crippen molar-refractivity contribution in [3.05, 3.63) is 113 Å². The van der Waals surface area contributed by atoms with Crippen LogP contribution in [-0.4, -0.2) is 96.8 Å². The van der Waals surface area contributed by atoms with Gasteiger partial charge in [-0.3, -0.25) is 9.59 Å². The van der Waals surface area contributed by atoms with Crippen LogP contribution in [0.2, 0.25) is 0 Å². The van der Waals surface area contributed by atoms with E-state index in [1.54, 1.807) is 10.9 Å². The molecular weight excluding hydrogens is 770 g/mol. The molecule has 1 unspecified atom stereocenters. The van der Waals surface area contributed by atoms with Gasteiger partial charge in [0.2, 0.25) is 5.79 Å². The molecule has 59 heavy (non-hydrogen) atoms. The van der Waals surface area contributed by atoms with Crippen molar-refractivity contribution in [1.82, 2.24) is 29.1 Å². The molecule has 0 amide bonds. The molecule has 16 nitrogen and oxygen atoms in total. The van der Waals surface area contributed by atoms with E-state index in [1.807, 2.05) is 50.2 Å². The lowest BCUT2D eigenvalue weighted by molar-refractivity contribution is -0.192. The van der Waals surface area contributed by atoms with Crippen LogP contribution in [0, 0.1) is 11.6 Å². The minimum Gasteiger partial charge on any atom is -0.491 e. The Balaban J connectivity index is 0.000000520. The zero-order valence-corrected chi connectivity index (χ0v) is 32.9. The van der Waals surface area contributed by atoms with Gasteiger partial charge in [0, 0.05) is 62.0 Å². The zero-order chi connectivity index (χ0) is 41.9. The number of anilines is 2. The van der Waals surface area contributed by atoms with Gasteiger partial charge in [0.1, 0.15) is 55.6 Å². The number of nitrogens with zero attached hydrogens (tertiary/aromatic N) is 8. The summed E-state index contributed by atoms with van der Waals surface area (Å²) in [5, 5.41) is 24.7. The Hall–Kier alpha value is -6.14. The summed E-state index contributed by atoms with van der Waals surface area (Å²) in [6.45, 7) is 7.80. The van der Waals surface area contributed by atoms with Gasteiger partial charge in [0.05, 0.1) is 18.3 Å². The van der Waals surface area contributed by atoms with Crippen molar-refractivity contribution in [1.29, 1.82) is 0 Å². The average molecular weight is 819 g/mol. The number of hydrogen-bond donors (Lipinski definition) is 2. The molecule has 4 heterocycles. The second kappa shape index (κ2) is 19.5. The van der Waals surface area contributed by atoms with E-state index >= 15 is 0 Å².